The van der Waals surface area contributed by atoms with Crippen molar-refractivity contribution in [1.82, 2.24) is 10.6 Å². The monoisotopic (exact) mass is 340 g/mol. The van der Waals surface area contributed by atoms with E-state index >= 15 is 0 Å². The van der Waals surface area contributed by atoms with Crippen LogP contribution in [0.2, 0.25) is 0 Å². The lowest BCUT2D eigenvalue weighted by Crippen LogP contribution is -2.33. The zero-order valence-corrected chi connectivity index (χ0v) is 13.8. The van der Waals surface area contributed by atoms with Crippen LogP contribution in [0.5, 0.6) is 0 Å². The summed E-state index contributed by atoms with van der Waals surface area (Å²) in [6.07, 6.45) is 2.79. The SMILES string of the molecule is CC(CC(=O)NCC1=CCNCC1)S(=O)(=O)c1ccc(F)cc1. The van der Waals surface area contributed by atoms with Crippen molar-refractivity contribution in [2.45, 2.75) is 29.9 Å². The Balaban J connectivity index is 1.91. The van der Waals surface area contributed by atoms with Gasteiger partial charge in [0.15, 0.2) is 9.84 Å². The van der Waals surface area contributed by atoms with E-state index in [1.807, 2.05) is 6.08 Å². The Morgan fingerprint density at radius 1 is 1.35 bits per heavy atom. The normalized spacial score (nSPS) is 16.5. The highest BCUT2D eigenvalue weighted by molar-refractivity contribution is 7.92. The molecule has 2 N–H and O–H groups in total. The van der Waals surface area contributed by atoms with Crippen molar-refractivity contribution in [2.24, 2.45) is 0 Å². The van der Waals surface area contributed by atoms with Crippen molar-refractivity contribution in [2.75, 3.05) is 19.6 Å². The zero-order chi connectivity index (χ0) is 16.9. The van der Waals surface area contributed by atoms with Crippen LogP contribution in [0.1, 0.15) is 19.8 Å². The Morgan fingerprint density at radius 3 is 2.65 bits per heavy atom. The lowest BCUT2D eigenvalue weighted by Gasteiger charge is -2.16. The summed E-state index contributed by atoms with van der Waals surface area (Å²) >= 11 is 0. The Bertz CT molecular complexity index is 684. The molecule has 0 fully saturated rings. The van der Waals surface area contributed by atoms with Gasteiger partial charge in [-0.15, -0.1) is 0 Å². The summed E-state index contributed by atoms with van der Waals surface area (Å²) in [5.41, 5.74) is 1.14. The van der Waals surface area contributed by atoms with E-state index in [1.165, 1.54) is 19.1 Å². The summed E-state index contributed by atoms with van der Waals surface area (Å²) in [5.74, 6) is -0.799. The fraction of sp³-hybridized carbons (Fsp3) is 0.438. The van der Waals surface area contributed by atoms with Crippen molar-refractivity contribution >= 4 is 15.7 Å². The lowest BCUT2D eigenvalue weighted by atomic mass is 10.1. The van der Waals surface area contributed by atoms with Gasteiger partial charge in [0, 0.05) is 19.5 Å². The van der Waals surface area contributed by atoms with Gasteiger partial charge in [-0.1, -0.05) is 11.6 Å². The molecule has 0 saturated heterocycles. The van der Waals surface area contributed by atoms with E-state index in [0.29, 0.717) is 6.54 Å². The molecule has 1 amide bonds. The minimum atomic E-state index is -3.65. The second kappa shape index (κ2) is 7.70. The van der Waals surface area contributed by atoms with E-state index < -0.39 is 20.9 Å². The van der Waals surface area contributed by atoms with Crippen LogP contribution in [0.25, 0.3) is 0 Å². The average molecular weight is 340 g/mol. The third kappa shape index (κ3) is 4.87. The maximum absolute atomic E-state index is 12.9. The number of halogens is 1. The minimum absolute atomic E-state index is 0.0280. The molecule has 0 spiro atoms. The molecule has 0 bridgehead atoms. The van der Waals surface area contributed by atoms with Gasteiger partial charge in [0.2, 0.25) is 5.91 Å². The second-order valence-electron chi connectivity index (χ2n) is 5.61. The zero-order valence-electron chi connectivity index (χ0n) is 13.0. The van der Waals surface area contributed by atoms with Crippen molar-refractivity contribution in [3.05, 3.63) is 41.7 Å². The van der Waals surface area contributed by atoms with Gasteiger partial charge in [0.25, 0.3) is 0 Å². The van der Waals surface area contributed by atoms with Crippen LogP contribution in [-0.2, 0) is 14.6 Å². The molecule has 0 saturated carbocycles. The summed E-state index contributed by atoms with van der Waals surface area (Å²) in [4.78, 5) is 12.0. The number of hydrogen-bond donors (Lipinski definition) is 2. The molecule has 2 rings (SSSR count). The highest BCUT2D eigenvalue weighted by Crippen LogP contribution is 2.18. The highest BCUT2D eigenvalue weighted by Gasteiger charge is 2.25. The van der Waals surface area contributed by atoms with Crippen LogP contribution in [0.15, 0.2) is 40.8 Å². The van der Waals surface area contributed by atoms with E-state index in [4.69, 9.17) is 0 Å². The third-order valence-electron chi connectivity index (χ3n) is 3.82. The lowest BCUT2D eigenvalue weighted by molar-refractivity contribution is -0.120. The fourth-order valence-corrected chi connectivity index (χ4v) is 3.69. The van der Waals surface area contributed by atoms with E-state index in [0.717, 1.165) is 37.2 Å². The first-order valence-electron chi connectivity index (χ1n) is 7.54. The maximum atomic E-state index is 12.9. The molecule has 7 heteroatoms. The van der Waals surface area contributed by atoms with Gasteiger partial charge >= 0.3 is 0 Å². The number of rotatable bonds is 6. The number of benzene rings is 1. The standard InChI is InChI=1S/C16H21FN2O3S/c1-12(23(21,22)15-4-2-14(17)3-5-15)10-16(20)19-11-13-6-8-18-9-7-13/h2-6,12,18H,7-11H2,1H3,(H,19,20). The van der Waals surface area contributed by atoms with Crippen LogP contribution in [0.3, 0.4) is 0 Å². The molecule has 0 radical (unpaired) electrons. The summed E-state index contributed by atoms with van der Waals surface area (Å²) in [7, 11) is -3.65. The van der Waals surface area contributed by atoms with Crippen LogP contribution in [0, 0.1) is 5.82 Å². The molecular formula is C16H21FN2O3S. The molecule has 1 aliphatic rings. The van der Waals surface area contributed by atoms with Gasteiger partial charge in [-0.2, -0.15) is 0 Å². The first-order valence-corrected chi connectivity index (χ1v) is 9.09. The molecule has 5 nitrogen and oxygen atoms in total. The number of carbonyl (C=O) groups excluding carboxylic acids is 1. The molecule has 1 aromatic carbocycles. The Kier molecular flexibility index (Phi) is 5.90. The van der Waals surface area contributed by atoms with Crippen molar-refractivity contribution in [3.63, 3.8) is 0 Å². The molecule has 1 heterocycles. The average Bonchev–Trinajstić information content (AvgIpc) is 2.54. The molecular weight excluding hydrogens is 319 g/mol. The number of amides is 1. The van der Waals surface area contributed by atoms with Gasteiger partial charge in [0.1, 0.15) is 5.82 Å². The van der Waals surface area contributed by atoms with Gasteiger partial charge in [-0.25, -0.2) is 12.8 Å². The first-order chi connectivity index (χ1) is 10.9. The molecule has 1 aliphatic heterocycles. The smallest absolute Gasteiger partial charge is 0.221 e. The summed E-state index contributed by atoms with van der Waals surface area (Å²) in [5, 5.41) is 5.07. The summed E-state index contributed by atoms with van der Waals surface area (Å²) in [6, 6.07) is 4.64. The fourth-order valence-electron chi connectivity index (χ4n) is 2.34. The van der Waals surface area contributed by atoms with Crippen LogP contribution < -0.4 is 10.6 Å². The minimum Gasteiger partial charge on any atom is -0.352 e. The third-order valence-corrected chi connectivity index (χ3v) is 5.97. The molecule has 1 unspecified atom stereocenters. The van der Waals surface area contributed by atoms with E-state index in [-0.39, 0.29) is 17.2 Å². The largest absolute Gasteiger partial charge is 0.352 e. The van der Waals surface area contributed by atoms with Crippen molar-refractivity contribution < 1.29 is 17.6 Å². The Morgan fingerprint density at radius 2 is 2.04 bits per heavy atom. The topological polar surface area (TPSA) is 75.3 Å². The number of nitrogens with one attached hydrogen (secondary N) is 2. The van der Waals surface area contributed by atoms with Gasteiger partial charge in [-0.05, 0) is 44.2 Å². The van der Waals surface area contributed by atoms with Crippen LogP contribution in [-0.4, -0.2) is 39.2 Å². The predicted molar refractivity (Wildman–Crippen MR) is 86.2 cm³/mol. The number of sulfone groups is 1. The highest BCUT2D eigenvalue weighted by atomic mass is 32.2. The Labute approximate surface area is 135 Å². The molecule has 0 aliphatic carbocycles. The van der Waals surface area contributed by atoms with E-state index in [9.17, 15) is 17.6 Å². The maximum Gasteiger partial charge on any atom is 0.221 e. The van der Waals surface area contributed by atoms with Crippen molar-refractivity contribution in [1.29, 1.82) is 0 Å². The van der Waals surface area contributed by atoms with Crippen LogP contribution >= 0.6 is 0 Å². The van der Waals surface area contributed by atoms with E-state index in [1.54, 1.807) is 0 Å². The number of hydrogen-bond acceptors (Lipinski definition) is 4. The van der Waals surface area contributed by atoms with Gasteiger partial charge in [0.05, 0.1) is 10.1 Å². The van der Waals surface area contributed by atoms with E-state index in [2.05, 4.69) is 10.6 Å². The summed E-state index contributed by atoms with van der Waals surface area (Å²) < 4.78 is 37.6. The molecule has 1 atom stereocenters. The van der Waals surface area contributed by atoms with Gasteiger partial charge in [-0.3, -0.25) is 4.79 Å². The molecule has 1 aromatic rings. The summed E-state index contributed by atoms with van der Waals surface area (Å²) in [6.45, 7) is 3.61. The molecule has 23 heavy (non-hydrogen) atoms. The van der Waals surface area contributed by atoms with Crippen LogP contribution in [0.4, 0.5) is 4.39 Å². The van der Waals surface area contributed by atoms with Crippen molar-refractivity contribution in [3.8, 4) is 0 Å². The predicted octanol–water partition coefficient (Wildman–Crippen LogP) is 1.41. The second-order valence-corrected chi connectivity index (χ2v) is 7.97. The van der Waals surface area contributed by atoms with Gasteiger partial charge < -0.3 is 10.6 Å². The first kappa shape index (κ1) is 17.6. The molecule has 0 aromatic heterocycles. The molecule has 126 valence electrons. The number of carbonyl (C=O) groups is 1. The quantitative estimate of drug-likeness (QED) is 0.607. The Hall–Kier alpha value is -1.73.